The second-order valence-electron chi connectivity index (χ2n) is 6.05. The number of pyridine rings is 1. The first kappa shape index (κ1) is 14.6. The minimum Gasteiger partial charge on any atom is -0.372 e. The summed E-state index contributed by atoms with van der Waals surface area (Å²) in [5.41, 5.74) is 1.83. The molecule has 1 saturated heterocycles. The first-order chi connectivity index (χ1) is 11.2. The van der Waals surface area contributed by atoms with Gasteiger partial charge in [0.25, 0.3) is 0 Å². The highest BCUT2D eigenvalue weighted by Crippen LogP contribution is 2.30. The van der Waals surface area contributed by atoms with E-state index in [9.17, 15) is 0 Å². The lowest BCUT2D eigenvalue weighted by molar-refractivity contribution is -0.0441. The molecule has 0 N–H and O–H groups in total. The summed E-state index contributed by atoms with van der Waals surface area (Å²) >= 11 is 1.62. The van der Waals surface area contributed by atoms with Crippen molar-refractivity contribution in [2.75, 3.05) is 24.6 Å². The smallest absolute Gasteiger partial charge is 0.214 e. The van der Waals surface area contributed by atoms with Crippen LogP contribution in [0.3, 0.4) is 0 Å². The minimum absolute atomic E-state index is 0.0904. The molecule has 23 heavy (non-hydrogen) atoms. The van der Waals surface area contributed by atoms with E-state index in [1.54, 1.807) is 17.5 Å². The van der Waals surface area contributed by atoms with Crippen LogP contribution < -0.4 is 4.90 Å². The molecular formula is C16H19N5OS. The molecule has 3 aromatic heterocycles. The number of hydrogen-bond donors (Lipinski definition) is 0. The Morgan fingerprint density at radius 1 is 1.43 bits per heavy atom. The fourth-order valence-corrected chi connectivity index (χ4v) is 3.69. The number of imidazole rings is 1. The monoisotopic (exact) mass is 329 g/mol. The molecule has 0 aromatic carbocycles. The molecule has 1 aliphatic heterocycles. The fraction of sp³-hybridized carbons (Fsp3) is 0.438. The van der Waals surface area contributed by atoms with Crippen molar-refractivity contribution >= 4 is 21.4 Å². The molecule has 1 atom stereocenters. The molecule has 7 heteroatoms. The van der Waals surface area contributed by atoms with Gasteiger partial charge in [0.1, 0.15) is 0 Å². The summed E-state index contributed by atoms with van der Waals surface area (Å²) in [4.78, 5) is 12.0. The van der Waals surface area contributed by atoms with Crippen molar-refractivity contribution in [1.29, 1.82) is 0 Å². The molecule has 1 unspecified atom stereocenters. The lowest BCUT2D eigenvalue weighted by Crippen LogP contribution is -2.49. The van der Waals surface area contributed by atoms with E-state index in [1.165, 1.54) is 0 Å². The third kappa shape index (κ3) is 2.70. The molecule has 120 valence electrons. The number of nitrogens with zero attached hydrogens (tertiary/aromatic N) is 5. The zero-order chi connectivity index (χ0) is 15.9. The molecule has 0 amide bonds. The second kappa shape index (κ2) is 5.58. The molecule has 0 radical (unpaired) electrons. The van der Waals surface area contributed by atoms with E-state index in [0.29, 0.717) is 0 Å². The molecule has 4 rings (SSSR count). The number of hydrogen-bond acceptors (Lipinski definition) is 6. The predicted molar refractivity (Wildman–Crippen MR) is 91.0 cm³/mol. The molecule has 4 heterocycles. The molecule has 0 aliphatic carbocycles. The SMILES string of the molecule is CCC1(C)CN(c2nn3cc(-c4cccnc4)nc3s2)CCO1. The Bertz CT molecular complexity index is 783. The average molecular weight is 329 g/mol. The van der Waals surface area contributed by atoms with Crippen LogP contribution in [0.5, 0.6) is 0 Å². The highest BCUT2D eigenvalue weighted by molar-refractivity contribution is 7.20. The summed E-state index contributed by atoms with van der Waals surface area (Å²) in [6.45, 7) is 6.82. The van der Waals surface area contributed by atoms with Gasteiger partial charge in [-0.05, 0) is 25.5 Å². The molecule has 6 nitrogen and oxygen atoms in total. The first-order valence-electron chi connectivity index (χ1n) is 7.82. The van der Waals surface area contributed by atoms with E-state index in [0.717, 1.165) is 47.5 Å². The Hall–Kier alpha value is -1.99. The van der Waals surface area contributed by atoms with E-state index in [1.807, 2.05) is 29.0 Å². The van der Waals surface area contributed by atoms with E-state index in [4.69, 9.17) is 9.84 Å². The molecule has 0 bridgehead atoms. The molecule has 3 aromatic rings. The summed E-state index contributed by atoms with van der Waals surface area (Å²) in [6, 6.07) is 3.93. The van der Waals surface area contributed by atoms with Crippen LogP contribution in [0.1, 0.15) is 20.3 Å². The van der Waals surface area contributed by atoms with Crippen LogP contribution >= 0.6 is 11.3 Å². The van der Waals surface area contributed by atoms with E-state index < -0.39 is 0 Å². The van der Waals surface area contributed by atoms with Crippen LogP contribution in [0.15, 0.2) is 30.7 Å². The lowest BCUT2D eigenvalue weighted by Gasteiger charge is -2.39. The molecule has 1 aliphatic rings. The Kier molecular flexibility index (Phi) is 3.54. The van der Waals surface area contributed by atoms with Gasteiger partial charge in [0.05, 0.1) is 24.1 Å². The highest BCUT2D eigenvalue weighted by atomic mass is 32.1. The topological polar surface area (TPSA) is 55.6 Å². The normalized spacial score (nSPS) is 21.9. The Balaban J connectivity index is 1.62. The predicted octanol–water partition coefficient (Wildman–Crippen LogP) is 2.86. The van der Waals surface area contributed by atoms with Crippen LogP contribution in [0, 0.1) is 0 Å². The van der Waals surface area contributed by atoms with Gasteiger partial charge in [-0.1, -0.05) is 18.3 Å². The Morgan fingerprint density at radius 2 is 2.35 bits per heavy atom. The maximum atomic E-state index is 5.90. The van der Waals surface area contributed by atoms with E-state index in [-0.39, 0.29) is 5.60 Å². The number of anilines is 1. The summed E-state index contributed by atoms with van der Waals surface area (Å²) in [7, 11) is 0. The van der Waals surface area contributed by atoms with E-state index in [2.05, 4.69) is 28.7 Å². The Morgan fingerprint density at radius 3 is 3.09 bits per heavy atom. The third-order valence-electron chi connectivity index (χ3n) is 4.35. The van der Waals surface area contributed by atoms with Crippen LogP contribution in [0.25, 0.3) is 16.2 Å². The lowest BCUT2D eigenvalue weighted by atomic mass is 10.0. The molecular weight excluding hydrogens is 310 g/mol. The fourth-order valence-electron chi connectivity index (χ4n) is 2.78. The number of fused-ring (bicyclic) bond motifs is 1. The molecule has 0 spiro atoms. The second-order valence-corrected chi connectivity index (χ2v) is 6.99. The van der Waals surface area contributed by atoms with Crippen LogP contribution in [-0.4, -0.2) is 44.9 Å². The van der Waals surface area contributed by atoms with Crippen molar-refractivity contribution in [2.45, 2.75) is 25.9 Å². The van der Waals surface area contributed by atoms with Crippen molar-refractivity contribution in [1.82, 2.24) is 19.6 Å². The van der Waals surface area contributed by atoms with Crippen molar-refractivity contribution in [3.63, 3.8) is 0 Å². The highest BCUT2D eigenvalue weighted by Gasteiger charge is 2.31. The average Bonchev–Trinajstić information content (AvgIpc) is 3.15. The van der Waals surface area contributed by atoms with Crippen LogP contribution in [0.2, 0.25) is 0 Å². The van der Waals surface area contributed by atoms with Gasteiger partial charge < -0.3 is 9.64 Å². The first-order valence-corrected chi connectivity index (χ1v) is 8.64. The van der Waals surface area contributed by atoms with Gasteiger partial charge in [-0.25, -0.2) is 9.50 Å². The maximum absolute atomic E-state index is 5.90. The van der Waals surface area contributed by atoms with Gasteiger partial charge >= 0.3 is 0 Å². The van der Waals surface area contributed by atoms with Gasteiger partial charge in [-0.2, -0.15) is 0 Å². The summed E-state index contributed by atoms with van der Waals surface area (Å²) in [5, 5.41) is 5.71. The quantitative estimate of drug-likeness (QED) is 0.739. The minimum atomic E-state index is -0.0904. The Labute approximate surface area is 138 Å². The van der Waals surface area contributed by atoms with Crippen molar-refractivity contribution in [2.24, 2.45) is 0 Å². The van der Waals surface area contributed by atoms with Crippen molar-refractivity contribution in [3.8, 4) is 11.3 Å². The maximum Gasteiger partial charge on any atom is 0.214 e. The van der Waals surface area contributed by atoms with Crippen molar-refractivity contribution < 1.29 is 4.74 Å². The summed E-state index contributed by atoms with van der Waals surface area (Å²) in [5.74, 6) is 0. The van der Waals surface area contributed by atoms with Gasteiger partial charge in [0, 0.05) is 31.0 Å². The summed E-state index contributed by atoms with van der Waals surface area (Å²) in [6.07, 6.45) is 6.55. The van der Waals surface area contributed by atoms with Gasteiger partial charge in [-0.3, -0.25) is 4.98 Å². The van der Waals surface area contributed by atoms with Crippen LogP contribution in [-0.2, 0) is 4.74 Å². The van der Waals surface area contributed by atoms with E-state index >= 15 is 0 Å². The largest absolute Gasteiger partial charge is 0.372 e. The number of aromatic nitrogens is 4. The molecule has 1 fully saturated rings. The molecule has 0 saturated carbocycles. The van der Waals surface area contributed by atoms with Crippen molar-refractivity contribution in [3.05, 3.63) is 30.7 Å². The van der Waals surface area contributed by atoms with Gasteiger partial charge in [0.15, 0.2) is 0 Å². The zero-order valence-corrected chi connectivity index (χ0v) is 14.1. The zero-order valence-electron chi connectivity index (χ0n) is 13.3. The number of ether oxygens (including phenoxy) is 1. The van der Waals surface area contributed by atoms with Crippen LogP contribution in [0.4, 0.5) is 5.13 Å². The number of morpholine rings is 1. The van der Waals surface area contributed by atoms with Gasteiger partial charge in [-0.15, -0.1) is 5.10 Å². The van der Waals surface area contributed by atoms with Gasteiger partial charge in [0.2, 0.25) is 10.1 Å². The third-order valence-corrected chi connectivity index (χ3v) is 5.33. The standard InChI is InChI=1S/C16H19N5OS/c1-3-16(2)11-20(7-8-22-16)15-19-21-10-13(18-14(21)23-15)12-5-4-6-17-9-12/h4-6,9-10H,3,7-8,11H2,1-2H3. The number of rotatable bonds is 3. The summed E-state index contributed by atoms with van der Waals surface area (Å²) < 4.78 is 7.77.